The number of aliphatic hydroxyl groups excluding tert-OH is 1. The van der Waals surface area contributed by atoms with E-state index in [-0.39, 0.29) is 18.6 Å². The molecule has 0 aliphatic heterocycles. The third-order valence-electron chi connectivity index (χ3n) is 4.71. The van der Waals surface area contributed by atoms with Crippen LogP contribution in [0.2, 0.25) is 0 Å². The third-order valence-corrected chi connectivity index (χ3v) is 4.71. The number of carbonyl (C=O) groups excluding carboxylic acids is 1. The highest BCUT2D eigenvalue weighted by Crippen LogP contribution is 2.25. The number of pyridine rings is 1. The number of rotatable bonds is 6. The van der Waals surface area contributed by atoms with Crippen molar-refractivity contribution in [1.82, 2.24) is 24.8 Å². The molecular weight excluding hydrogens is 306 g/mol. The highest BCUT2D eigenvalue weighted by Gasteiger charge is 2.24. The van der Waals surface area contributed by atoms with E-state index in [9.17, 15) is 4.79 Å². The van der Waals surface area contributed by atoms with Gasteiger partial charge in [0.15, 0.2) is 5.65 Å². The Morgan fingerprint density at radius 3 is 3.21 bits per heavy atom. The van der Waals surface area contributed by atoms with Gasteiger partial charge in [-0.05, 0) is 44.4 Å². The van der Waals surface area contributed by atoms with Gasteiger partial charge in [0.2, 0.25) is 0 Å². The lowest BCUT2D eigenvalue weighted by molar-refractivity contribution is 0.0913. The lowest BCUT2D eigenvalue weighted by Crippen LogP contribution is -2.41. The maximum absolute atomic E-state index is 12.5. The van der Waals surface area contributed by atoms with Crippen molar-refractivity contribution in [2.45, 2.75) is 31.7 Å². The number of hydrogen-bond acceptors (Lipinski definition) is 5. The van der Waals surface area contributed by atoms with E-state index in [1.54, 1.807) is 22.8 Å². The monoisotopic (exact) mass is 331 g/mol. The minimum atomic E-state index is -0.0464. The summed E-state index contributed by atoms with van der Waals surface area (Å²) in [7, 11) is 2.03. The van der Waals surface area contributed by atoms with Crippen LogP contribution in [0.3, 0.4) is 0 Å². The molecule has 3 rings (SSSR count). The average molecular weight is 331 g/mol. The molecule has 2 heterocycles. The number of fused-ring (bicyclic) bond motifs is 1. The van der Waals surface area contributed by atoms with Crippen molar-refractivity contribution in [3.63, 3.8) is 0 Å². The summed E-state index contributed by atoms with van der Waals surface area (Å²) in [5, 5.41) is 16.2. The van der Waals surface area contributed by atoms with Gasteiger partial charge in [0.05, 0.1) is 6.61 Å². The molecule has 1 aliphatic rings. The van der Waals surface area contributed by atoms with Crippen molar-refractivity contribution in [2.24, 2.45) is 5.92 Å². The zero-order chi connectivity index (χ0) is 16.9. The van der Waals surface area contributed by atoms with Crippen LogP contribution >= 0.6 is 0 Å². The van der Waals surface area contributed by atoms with Crippen LogP contribution in [0, 0.1) is 5.92 Å². The normalized spacial score (nSPS) is 21.3. The van der Waals surface area contributed by atoms with Crippen LogP contribution in [0.5, 0.6) is 0 Å². The van der Waals surface area contributed by atoms with Crippen molar-refractivity contribution in [2.75, 3.05) is 26.7 Å². The largest absolute Gasteiger partial charge is 0.395 e. The molecule has 130 valence electrons. The molecule has 1 aliphatic carbocycles. The van der Waals surface area contributed by atoms with Crippen molar-refractivity contribution in [1.29, 1.82) is 0 Å². The van der Waals surface area contributed by atoms with E-state index < -0.39 is 0 Å². The number of aromatic nitrogens is 3. The number of aliphatic hydroxyl groups is 1. The number of hydrogen-bond donors (Lipinski definition) is 2. The molecule has 2 atom stereocenters. The molecule has 2 aromatic rings. The summed E-state index contributed by atoms with van der Waals surface area (Å²) >= 11 is 0. The molecule has 0 radical (unpaired) electrons. The Hall–Kier alpha value is -1.99. The molecule has 2 aromatic heterocycles. The van der Waals surface area contributed by atoms with E-state index in [1.165, 1.54) is 12.7 Å². The Labute approximate surface area is 141 Å². The summed E-state index contributed by atoms with van der Waals surface area (Å²) in [6, 6.07) is 3.75. The summed E-state index contributed by atoms with van der Waals surface area (Å²) < 4.78 is 1.64. The van der Waals surface area contributed by atoms with Gasteiger partial charge in [0, 0.05) is 30.9 Å². The standard InChI is InChI=1S/C17H25N5O2/c1-21(7-8-23)11-13-3-2-4-15(9-13)20-17(24)14-5-6-22-16(10-14)18-12-19-22/h5-6,10,12-13,15,23H,2-4,7-9,11H2,1H3,(H,20,24)/t13-,15-/m1/s1. The lowest BCUT2D eigenvalue weighted by atomic mass is 9.85. The van der Waals surface area contributed by atoms with Gasteiger partial charge in [-0.3, -0.25) is 4.79 Å². The lowest BCUT2D eigenvalue weighted by Gasteiger charge is -2.32. The van der Waals surface area contributed by atoms with Crippen molar-refractivity contribution in [3.8, 4) is 0 Å². The fourth-order valence-corrected chi connectivity index (χ4v) is 3.52. The number of carbonyl (C=O) groups is 1. The Morgan fingerprint density at radius 1 is 1.50 bits per heavy atom. The molecule has 0 bridgehead atoms. The molecule has 1 amide bonds. The Bertz CT molecular complexity index is 686. The minimum Gasteiger partial charge on any atom is -0.395 e. The SMILES string of the molecule is CN(CCO)C[C@@H]1CCC[C@@H](NC(=O)c2ccn3ncnc3c2)C1. The van der Waals surface area contributed by atoms with Gasteiger partial charge in [0.1, 0.15) is 6.33 Å². The van der Waals surface area contributed by atoms with Crippen molar-refractivity contribution in [3.05, 3.63) is 30.2 Å². The van der Waals surface area contributed by atoms with Crippen LogP contribution < -0.4 is 5.32 Å². The van der Waals surface area contributed by atoms with Gasteiger partial charge in [-0.15, -0.1) is 0 Å². The van der Waals surface area contributed by atoms with E-state index in [4.69, 9.17) is 5.11 Å². The first-order valence-corrected chi connectivity index (χ1v) is 8.55. The second-order valence-corrected chi connectivity index (χ2v) is 6.67. The first-order valence-electron chi connectivity index (χ1n) is 8.55. The first kappa shape index (κ1) is 16.9. The summed E-state index contributed by atoms with van der Waals surface area (Å²) in [6.07, 6.45) is 7.57. The Morgan fingerprint density at radius 2 is 2.38 bits per heavy atom. The molecule has 7 heteroatoms. The second kappa shape index (κ2) is 7.72. The van der Waals surface area contributed by atoms with E-state index in [2.05, 4.69) is 20.3 Å². The zero-order valence-electron chi connectivity index (χ0n) is 14.1. The topological polar surface area (TPSA) is 82.8 Å². The third kappa shape index (κ3) is 4.10. The second-order valence-electron chi connectivity index (χ2n) is 6.67. The van der Waals surface area contributed by atoms with E-state index >= 15 is 0 Å². The van der Waals surface area contributed by atoms with Crippen molar-refractivity contribution < 1.29 is 9.90 Å². The molecule has 24 heavy (non-hydrogen) atoms. The Kier molecular flexibility index (Phi) is 5.42. The molecule has 1 saturated carbocycles. The number of amides is 1. The molecule has 0 unspecified atom stereocenters. The van der Waals surface area contributed by atoms with E-state index in [0.717, 1.165) is 25.8 Å². The van der Waals surface area contributed by atoms with Gasteiger partial charge in [-0.25, -0.2) is 9.50 Å². The van der Waals surface area contributed by atoms with E-state index in [1.807, 2.05) is 7.05 Å². The molecule has 0 saturated heterocycles. The molecule has 7 nitrogen and oxygen atoms in total. The maximum atomic E-state index is 12.5. The van der Waals surface area contributed by atoms with E-state index in [0.29, 0.717) is 23.7 Å². The van der Waals surface area contributed by atoms with Crippen LogP contribution in [-0.2, 0) is 0 Å². The van der Waals surface area contributed by atoms with Crippen LogP contribution in [0.15, 0.2) is 24.7 Å². The molecule has 2 N–H and O–H groups in total. The minimum absolute atomic E-state index is 0.0464. The summed E-state index contributed by atoms with van der Waals surface area (Å²) in [5.41, 5.74) is 1.30. The van der Waals surface area contributed by atoms with Crippen LogP contribution in [0.25, 0.3) is 5.65 Å². The smallest absolute Gasteiger partial charge is 0.251 e. The van der Waals surface area contributed by atoms with Crippen LogP contribution in [0.4, 0.5) is 0 Å². The zero-order valence-corrected chi connectivity index (χ0v) is 14.1. The van der Waals surface area contributed by atoms with Gasteiger partial charge in [-0.1, -0.05) is 6.42 Å². The molecular formula is C17H25N5O2. The molecule has 1 fully saturated rings. The van der Waals surface area contributed by atoms with Crippen LogP contribution in [0.1, 0.15) is 36.0 Å². The average Bonchev–Trinajstić information content (AvgIpc) is 3.03. The number of nitrogens with zero attached hydrogens (tertiary/aromatic N) is 4. The van der Waals surface area contributed by atoms with Gasteiger partial charge in [0.25, 0.3) is 5.91 Å². The van der Waals surface area contributed by atoms with Crippen LogP contribution in [-0.4, -0.2) is 63.3 Å². The number of nitrogens with one attached hydrogen (secondary N) is 1. The first-order chi connectivity index (χ1) is 11.7. The van der Waals surface area contributed by atoms with Crippen molar-refractivity contribution >= 4 is 11.6 Å². The summed E-state index contributed by atoms with van der Waals surface area (Å²) in [5.74, 6) is 0.523. The van der Waals surface area contributed by atoms with Gasteiger partial charge >= 0.3 is 0 Å². The molecule has 0 aromatic carbocycles. The number of likely N-dealkylation sites (N-methyl/N-ethyl adjacent to an activating group) is 1. The summed E-state index contributed by atoms with van der Waals surface area (Å²) in [6.45, 7) is 1.86. The maximum Gasteiger partial charge on any atom is 0.251 e. The predicted octanol–water partition coefficient (Wildman–Crippen LogP) is 0.942. The highest BCUT2D eigenvalue weighted by atomic mass is 16.3. The Balaban J connectivity index is 1.57. The predicted molar refractivity (Wildman–Crippen MR) is 90.8 cm³/mol. The van der Waals surface area contributed by atoms with Gasteiger partial charge in [-0.2, -0.15) is 5.10 Å². The fourth-order valence-electron chi connectivity index (χ4n) is 3.52. The summed E-state index contributed by atoms with van der Waals surface area (Å²) in [4.78, 5) is 18.8. The highest BCUT2D eigenvalue weighted by molar-refractivity contribution is 5.95. The van der Waals surface area contributed by atoms with Gasteiger partial charge < -0.3 is 15.3 Å². The molecule has 0 spiro atoms. The fraction of sp³-hybridized carbons (Fsp3) is 0.588. The quantitative estimate of drug-likeness (QED) is 0.823.